The predicted molar refractivity (Wildman–Crippen MR) is 64.2 cm³/mol. The Morgan fingerprint density at radius 2 is 2.13 bits per heavy atom. The molecule has 3 aromatic rings. The van der Waals surface area contributed by atoms with E-state index in [0.29, 0.717) is 10.6 Å². The summed E-state index contributed by atoms with van der Waals surface area (Å²) in [6, 6.07) is 7.52. The second kappa shape index (κ2) is 3.22. The van der Waals surface area contributed by atoms with E-state index in [1.165, 1.54) is 0 Å². The van der Waals surface area contributed by atoms with Gasteiger partial charge in [0, 0.05) is 11.6 Å². The lowest BCUT2D eigenvalue weighted by Crippen LogP contribution is -1.74. The predicted octanol–water partition coefficient (Wildman–Crippen LogP) is 4.40. The number of hydrogen-bond acceptors (Lipinski definition) is 2. The maximum atomic E-state index is 6.05. The molecule has 0 bridgehead atoms. The number of fused-ring (bicyclic) bond motifs is 3. The summed E-state index contributed by atoms with van der Waals surface area (Å²) < 4.78 is 6.44. The first-order chi connectivity index (χ1) is 7.27. The van der Waals surface area contributed by atoms with Crippen molar-refractivity contribution < 1.29 is 4.42 Å². The minimum atomic E-state index is 0.621. The highest BCUT2D eigenvalue weighted by atomic mass is 79.9. The third-order valence-electron chi connectivity index (χ3n) is 2.31. The summed E-state index contributed by atoms with van der Waals surface area (Å²) in [6.45, 7) is 0. The maximum absolute atomic E-state index is 6.05. The van der Waals surface area contributed by atoms with Gasteiger partial charge in [0.25, 0.3) is 0 Å². The first kappa shape index (κ1) is 9.19. The van der Waals surface area contributed by atoms with Crippen molar-refractivity contribution in [3.05, 3.63) is 40.1 Å². The van der Waals surface area contributed by atoms with Crippen LogP contribution in [0.1, 0.15) is 0 Å². The fourth-order valence-electron chi connectivity index (χ4n) is 1.67. The van der Waals surface area contributed by atoms with Crippen molar-refractivity contribution >= 4 is 49.5 Å². The van der Waals surface area contributed by atoms with Crippen LogP contribution in [0.4, 0.5) is 0 Å². The molecule has 0 fully saturated rings. The van der Waals surface area contributed by atoms with Gasteiger partial charge in [0.1, 0.15) is 10.2 Å². The first-order valence-electron chi connectivity index (χ1n) is 4.38. The number of para-hydroxylation sites is 1. The highest BCUT2D eigenvalue weighted by Gasteiger charge is 2.11. The van der Waals surface area contributed by atoms with E-state index in [2.05, 4.69) is 20.9 Å². The zero-order chi connectivity index (χ0) is 10.4. The molecular weight excluding hydrogens is 277 g/mol. The number of furan rings is 1. The lowest BCUT2D eigenvalue weighted by molar-refractivity contribution is 0.668. The number of aromatic nitrogens is 1. The van der Waals surface area contributed by atoms with Gasteiger partial charge in [-0.15, -0.1) is 0 Å². The minimum Gasteiger partial charge on any atom is -0.454 e. The van der Waals surface area contributed by atoms with E-state index in [4.69, 9.17) is 16.0 Å². The highest BCUT2D eigenvalue weighted by molar-refractivity contribution is 9.10. The maximum Gasteiger partial charge on any atom is 0.154 e. The quantitative estimate of drug-likeness (QED) is 0.571. The van der Waals surface area contributed by atoms with Gasteiger partial charge < -0.3 is 4.42 Å². The summed E-state index contributed by atoms with van der Waals surface area (Å²) in [6.07, 6.45) is 1.70. The van der Waals surface area contributed by atoms with E-state index in [-0.39, 0.29) is 0 Å². The van der Waals surface area contributed by atoms with Crippen LogP contribution in [0.15, 0.2) is 39.5 Å². The molecule has 0 radical (unpaired) electrons. The molecule has 1 aromatic carbocycles. The Hall–Kier alpha value is -1.06. The Bertz CT molecular complexity index is 662. The average molecular weight is 283 g/mol. The summed E-state index contributed by atoms with van der Waals surface area (Å²) in [7, 11) is 0. The summed E-state index contributed by atoms with van der Waals surface area (Å²) in [5.74, 6) is 0. The molecule has 0 spiro atoms. The molecule has 15 heavy (non-hydrogen) atoms. The fraction of sp³-hybridized carbons (Fsp3) is 0. The van der Waals surface area contributed by atoms with Crippen molar-refractivity contribution in [1.29, 1.82) is 0 Å². The van der Waals surface area contributed by atoms with Gasteiger partial charge >= 0.3 is 0 Å². The molecule has 0 N–H and O–H groups in total. The fourth-order valence-corrected chi connectivity index (χ4v) is 2.41. The second-order valence-electron chi connectivity index (χ2n) is 3.19. The third kappa shape index (κ3) is 1.27. The standard InChI is InChI=1S/C11H5BrClNO/c12-11-9-6-2-1-3-7(13)10(6)15-8(9)4-5-14-11/h1-5H. The molecule has 4 heteroatoms. The molecule has 0 amide bonds. The second-order valence-corrected chi connectivity index (χ2v) is 4.35. The number of benzene rings is 1. The Labute approximate surface area is 99.0 Å². The van der Waals surface area contributed by atoms with E-state index in [0.717, 1.165) is 21.0 Å². The van der Waals surface area contributed by atoms with Gasteiger partial charge in [-0.2, -0.15) is 0 Å². The van der Waals surface area contributed by atoms with Crippen LogP contribution >= 0.6 is 27.5 Å². The van der Waals surface area contributed by atoms with Crippen LogP contribution < -0.4 is 0 Å². The zero-order valence-corrected chi connectivity index (χ0v) is 9.84. The topological polar surface area (TPSA) is 26.0 Å². The molecular formula is C11H5BrClNO. The van der Waals surface area contributed by atoms with Crippen molar-refractivity contribution in [2.24, 2.45) is 0 Å². The van der Waals surface area contributed by atoms with E-state index in [1.54, 1.807) is 6.20 Å². The Morgan fingerprint density at radius 3 is 3.00 bits per heavy atom. The summed E-state index contributed by atoms with van der Waals surface area (Å²) in [4.78, 5) is 4.17. The molecule has 2 nitrogen and oxygen atoms in total. The summed E-state index contributed by atoms with van der Waals surface area (Å²) in [5, 5.41) is 2.57. The Kier molecular flexibility index (Phi) is 1.97. The van der Waals surface area contributed by atoms with Crippen LogP contribution in [-0.2, 0) is 0 Å². The van der Waals surface area contributed by atoms with E-state index in [1.807, 2.05) is 24.3 Å². The normalized spacial score (nSPS) is 11.3. The SMILES string of the molecule is Clc1cccc2c1oc1ccnc(Br)c12. The monoisotopic (exact) mass is 281 g/mol. The number of rotatable bonds is 0. The van der Waals surface area contributed by atoms with Crippen molar-refractivity contribution in [2.75, 3.05) is 0 Å². The number of nitrogens with zero attached hydrogens (tertiary/aromatic N) is 1. The molecule has 0 aliphatic rings. The van der Waals surface area contributed by atoms with Crippen LogP contribution in [0.25, 0.3) is 21.9 Å². The molecule has 74 valence electrons. The summed E-state index contributed by atoms with van der Waals surface area (Å²) in [5.41, 5.74) is 1.50. The number of pyridine rings is 1. The van der Waals surface area contributed by atoms with E-state index in [9.17, 15) is 0 Å². The van der Waals surface area contributed by atoms with Crippen molar-refractivity contribution in [3.8, 4) is 0 Å². The number of halogens is 2. The van der Waals surface area contributed by atoms with Crippen molar-refractivity contribution in [2.45, 2.75) is 0 Å². The Balaban J connectivity index is 2.65. The van der Waals surface area contributed by atoms with Gasteiger partial charge in [-0.1, -0.05) is 23.7 Å². The Morgan fingerprint density at radius 1 is 1.27 bits per heavy atom. The molecule has 0 unspecified atom stereocenters. The van der Waals surface area contributed by atoms with Crippen LogP contribution in [0, 0.1) is 0 Å². The van der Waals surface area contributed by atoms with Crippen LogP contribution in [0.3, 0.4) is 0 Å². The third-order valence-corrected chi connectivity index (χ3v) is 3.21. The van der Waals surface area contributed by atoms with E-state index < -0.39 is 0 Å². The van der Waals surface area contributed by atoms with Crippen molar-refractivity contribution in [1.82, 2.24) is 4.98 Å². The van der Waals surface area contributed by atoms with Crippen LogP contribution in [-0.4, -0.2) is 4.98 Å². The molecule has 0 aliphatic heterocycles. The molecule has 0 aliphatic carbocycles. The summed E-state index contributed by atoms with van der Waals surface area (Å²) >= 11 is 9.46. The van der Waals surface area contributed by atoms with Gasteiger partial charge in [-0.3, -0.25) is 0 Å². The molecule has 2 heterocycles. The van der Waals surface area contributed by atoms with Gasteiger partial charge in [0.05, 0.1) is 10.4 Å². The minimum absolute atomic E-state index is 0.621. The molecule has 0 saturated heterocycles. The van der Waals surface area contributed by atoms with Gasteiger partial charge in [-0.05, 0) is 28.1 Å². The van der Waals surface area contributed by atoms with Crippen LogP contribution in [0.5, 0.6) is 0 Å². The lowest BCUT2D eigenvalue weighted by atomic mass is 10.2. The first-order valence-corrected chi connectivity index (χ1v) is 5.56. The zero-order valence-electron chi connectivity index (χ0n) is 7.50. The highest BCUT2D eigenvalue weighted by Crippen LogP contribution is 2.35. The van der Waals surface area contributed by atoms with Crippen LogP contribution in [0.2, 0.25) is 5.02 Å². The molecule has 0 atom stereocenters. The van der Waals surface area contributed by atoms with Gasteiger partial charge in [0.2, 0.25) is 0 Å². The molecule has 2 aromatic heterocycles. The van der Waals surface area contributed by atoms with E-state index >= 15 is 0 Å². The van der Waals surface area contributed by atoms with Gasteiger partial charge in [0.15, 0.2) is 5.58 Å². The van der Waals surface area contributed by atoms with Gasteiger partial charge in [-0.25, -0.2) is 4.98 Å². The molecule has 3 rings (SSSR count). The number of hydrogen-bond donors (Lipinski definition) is 0. The largest absolute Gasteiger partial charge is 0.454 e. The average Bonchev–Trinajstić information content (AvgIpc) is 2.59. The smallest absolute Gasteiger partial charge is 0.154 e. The lowest BCUT2D eigenvalue weighted by Gasteiger charge is -1.91. The van der Waals surface area contributed by atoms with Crippen molar-refractivity contribution in [3.63, 3.8) is 0 Å². The molecule has 0 saturated carbocycles.